The smallest absolute Gasteiger partial charge is 0.320 e. The quantitative estimate of drug-likeness (QED) is 0.556. The lowest BCUT2D eigenvalue weighted by Crippen LogP contribution is -2.51. The van der Waals surface area contributed by atoms with E-state index < -0.39 is 12.0 Å². The molecule has 0 aliphatic carbocycles. The summed E-state index contributed by atoms with van der Waals surface area (Å²) in [5, 5.41) is 17.2. The number of hydrogen-bond donors (Lipinski definition) is 3. The average Bonchev–Trinajstić information content (AvgIpc) is 3.26. The molecular weight excluding hydrogens is 475 g/mol. The van der Waals surface area contributed by atoms with Gasteiger partial charge >= 0.3 is 5.97 Å². The van der Waals surface area contributed by atoms with E-state index in [1.54, 1.807) is 18.3 Å². The molecule has 32 heavy (non-hydrogen) atoms. The maximum atomic E-state index is 11.2. The minimum atomic E-state index is -0.783. The summed E-state index contributed by atoms with van der Waals surface area (Å²) >= 11 is 18.7. The molecule has 3 atom stereocenters. The molecule has 2 aliphatic heterocycles. The summed E-state index contributed by atoms with van der Waals surface area (Å²) in [5.41, 5.74) is 0.894. The number of aliphatic carboxylic acids is 1. The molecule has 1 unspecified atom stereocenters. The topological polar surface area (TPSA) is 93.6 Å². The summed E-state index contributed by atoms with van der Waals surface area (Å²) in [5.74, 6) is 0.371. The second-order valence-corrected chi connectivity index (χ2v) is 9.36. The van der Waals surface area contributed by atoms with Crippen molar-refractivity contribution < 1.29 is 9.90 Å². The zero-order valence-electron chi connectivity index (χ0n) is 17.6. The van der Waals surface area contributed by atoms with Crippen LogP contribution in [0.5, 0.6) is 0 Å². The van der Waals surface area contributed by atoms with Crippen LogP contribution in [0.3, 0.4) is 0 Å². The van der Waals surface area contributed by atoms with Gasteiger partial charge < -0.3 is 20.6 Å². The Morgan fingerprint density at radius 1 is 1.22 bits per heavy atom. The number of rotatable bonds is 6. The molecule has 8 nitrogen and oxygen atoms in total. The number of anilines is 2. The molecule has 172 valence electrons. The molecule has 3 heterocycles. The van der Waals surface area contributed by atoms with E-state index >= 15 is 0 Å². The van der Waals surface area contributed by atoms with Crippen LogP contribution in [0.25, 0.3) is 0 Å². The molecule has 0 radical (unpaired) electrons. The van der Waals surface area contributed by atoms with Crippen molar-refractivity contribution in [3.8, 4) is 0 Å². The van der Waals surface area contributed by atoms with Gasteiger partial charge in [-0.25, -0.2) is 4.98 Å². The number of piperazine rings is 1. The van der Waals surface area contributed by atoms with Gasteiger partial charge in [-0.2, -0.15) is 4.98 Å². The fourth-order valence-electron chi connectivity index (χ4n) is 4.22. The number of halogens is 3. The van der Waals surface area contributed by atoms with Gasteiger partial charge in [0.25, 0.3) is 0 Å². The number of nitrogens with zero attached hydrogens (tertiary/aromatic N) is 4. The molecule has 0 saturated carbocycles. The molecule has 2 aromatic rings. The Hall–Kier alpha value is -1.84. The van der Waals surface area contributed by atoms with Crippen LogP contribution in [0.4, 0.5) is 11.8 Å². The highest BCUT2D eigenvalue weighted by Crippen LogP contribution is 2.31. The Balaban J connectivity index is 1.39. The Bertz CT molecular complexity index is 986. The van der Waals surface area contributed by atoms with Gasteiger partial charge in [0.2, 0.25) is 5.95 Å². The maximum absolute atomic E-state index is 11.2. The summed E-state index contributed by atoms with van der Waals surface area (Å²) in [6.07, 6.45) is 2.24. The first-order valence-corrected chi connectivity index (χ1v) is 11.6. The predicted molar refractivity (Wildman–Crippen MR) is 127 cm³/mol. The molecule has 4 rings (SSSR count). The SMILES string of the molecule is C[C@@H](Nc1nc(N2CCN(C3CN[C@H](C(=O)O)C3)CC2)ncc1Cl)c1ccc(Cl)cc1Cl. The van der Waals surface area contributed by atoms with E-state index in [-0.39, 0.29) is 12.1 Å². The maximum Gasteiger partial charge on any atom is 0.320 e. The molecule has 0 amide bonds. The van der Waals surface area contributed by atoms with Crippen LogP contribution in [-0.4, -0.2) is 70.8 Å². The van der Waals surface area contributed by atoms with Crippen LogP contribution in [0.2, 0.25) is 15.1 Å². The van der Waals surface area contributed by atoms with Gasteiger partial charge in [-0.05, 0) is 31.0 Å². The number of carboxylic acid groups (broad SMARTS) is 1. The summed E-state index contributed by atoms with van der Waals surface area (Å²) in [7, 11) is 0. The molecule has 0 spiro atoms. The van der Waals surface area contributed by atoms with E-state index in [1.807, 2.05) is 13.0 Å². The van der Waals surface area contributed by atoms with Crippen LogP contribution >= 0.6 is 34.8 Å². The van der Waals surface area contributed by atoms with E-state index in [4.69, 9.17) is 34.8 Å². The monoisotopic (exact) mass is 498 g/mol. The van der Waals surface area contributed by atoms with Crippen molar-refractivity contribution in [1.82, 2.24) is 20.2 Å². The normalized spacial score (nSPS) is 22.7. The minimum absolute atomic E-state index is 0.131. The molecular formula is C21H25Cl3N6O2. The summed E-state index contributed by atoms with van der Waals surface area (Å²) < 4.78 is 0. The van der Waals surface area contributed by atoms with E-state index in [1.165, 1.54) is 0 Å². The van der Waals surface area contributed by atoms with Crippen LogP contribution < -0.4 is 15.5 Å². The van der Waals surface area contributed by atoms with E-state index in [0.29, 0.717) is 39.8 Å². The lowest BCUT2D eigenvalue weighted by atomic mass is 10.1. The van der Waals surface area contributed by atoms with Crippen molar-refractivity contribution in [2.24, 2.45) is 0 Å². The fourth-order valence-corrected chi connectivity index (χ4v) is 4.94. The van der Waals surface area contributed by atoms with Crippen molar-refractivity contribution in [2.45, 2.75) is 31.5 Å². The van der Waals surface area contributed by atoms with Crippen LogP contribution in [-0.2, 0) is 4.79 Å². The molecule has 1 aromatic carbocycles. The van der Waals surface area contributed by atoms with E-state index in [9.17, 15) is 9.90 Å². The van der Waals surface area contributed by atoms with Gasteiger partial charge in [0.15, 0.2) is 5.82 Å². The highest BCUT2D eigenvalue weighted by molar-refractivity contribution is 6.35. The van der Waals surface area contributed by atoms with E-state index in [0.717, 1.165) is 31.7 Å². The molecule has 3 N–H and O–H groups in total. The van der Waals surface area contributed by atoms with Crippen LogP contribution in [0, 0.1) is 0 Å². The zero-order valence-corrected chi connectivity index (χ0v) is 19.8. The average molecular weight is 500 g/mol. The third kappa shape index (κ3) is 5.21. The van der Waals surface area contributed by atoms with Crippen LogP contribution in [0.15, 0.2) is 24.4 Å². The summed E-state index contributed by atoms with van der Waals surface area (Å²) in [6, 6.07) is 5.04. The van der Waals surface area contributed by atoms with Crippen molar-refractivity contribution in [2.75, 3.05) is 42.9 Å². The summed E-state index contributed by atoms with van der Waals surface area (Å²) in [4.78, 5) is 24.7. The van der Waals surface area contributed by atoms with Gasteiger partial charge in [-0.15, -0.1) is 0 Å². The standard InChI is InChI=1S/C21H25Cl3N6O2/c1-12(15-3-2-13(22)8-16(15)23)27-19-17(24)11-26-21(28-19)30-6-4-29(5-7-30)14-9-18(20(31)32)25-10-14/h2-3,8,11-12,14,18,25H,4-7,9-10H2,1H3,(H,31,32)(H,26,27,28)/t12-,14?,18+/m1/s1. The lowest BCUT2D eigenvalue weighted by Gasteiger charge is -2.37. The first-order valence-electron chi connectivity index (χ1n) is 10.5. The second kappa shape index (κ2) is 9.97. The van der Waals surface area contributed by atoms with Crippen molar-refractivity contribution >= 4 is 52.5 Å². The Morgan fingerprint density at radius 3 is 2.62 bits per heavy atom. The number of carbonyl (C=O) groups is 1. The van der Waals surface area contributed by atoms with Gasteiger partial charge in [-0.1, -0.05) is 40.9 Å². The molecule has 1 aromatic heterocycles. The predicted octanol–water partition coefficient (Wildman–Crippen LogP) is 3.55. The molecule has 2 aliphatic rings. The summed E-state index contributed by atoms with van der Waals surface area (Å²) in [6.45, 7) is 5.84. The van der Waals surface area contributed by atoms with Gasteiger partial charge in [0.1, 0.15) is 11.1 Å². The highest BCUT2D eigenvalue weighted by atomic mass is 35.5. The number of hydrogen-bond acceptors (Lipinski definition) is 7. The number of aromatic nitrogens is 2. The highest BCUT2D eigenvalue weighted by Gasteiger charge is 2.34. The molecule has 11 heteroatoms. The van der Waals surface area contributed by atoms with Gasteiger partial charge in [-0.3, -0.25) is 9.69 Å². The lowest BCUT2D eigenvalue weighted by molar-refractivity contribution is -0.139. The largest absolute Gasteiger partial charge is 0.480 e. The van der Waals surface area contributed by atoms with Crippen molar-refractivity contribution in [1.29, 1.82) is 0 Å². The third-order valence-electron chi connectivity index (χ3n) is 6.03. The third-order valence-corrected chi connectivity index (χ3v) is 6.87. The Morgan fingerprint density at radius 2 is 1.97 bits per heavy atom. The number of benzene rings is 1. The number of nitrogens with one attached hydrogen (secondary N) is 2. The Labute approximate surface area is 201 Å². The van der Waals surface area contributed by atoms with Crippen molar-refractivity contribution in [3.05, 3.63) is 45.0 Å². The fraction of sp³-hybridized carbons (Fsp3) is 0.476. The van der Waals surface area contributed by atoms with E-state index in [2.05, 4.69) is 30.4 Å². The molecule has 0 bridgehead atoms. The Kier molecular flexibility index (Phi) is 7.27. The van der Waals surface area contributed by atoms with Gasteiger partial charge in [0, 0.05) is 48.8 Å². The first-order chi connectivity index (χ1) is 15.3. The van der Waals surface area contributed by atoms with Gasteiger partial charge in [0.05, 0.1) is 12.2 Å². The number of carboxylic acids is 1. The van der Waals surface area contributed by atoms with Crippen LogP contribution in [0.1, 0.15) is 24.9 Å². The molecule has 2 saturated heterocycles. The second-order valence-electron chi connectivity index (χ2n) is 8.11. The minimum Gasteiger partial charge on any atom is -0.480 e. The first kappa shape index (κ1) is 23.3. The van der Waals surface area contributed by atoms with Crippen molar-refractivity contribution in [3.63, 3.8) is 0 Å². The molecule has 2 fully saturated rings. The zero-order chi connectivity index (χ0) is 22.8.